The lowest BCUT2D eigenvalue weighted by Crippen LogP contribution is -2.44. The van der Waals surface area contributed by atoms with Crippen LogP contribution in [0.3, 0.4) is 0 Å². The zero-order valence-corrected chi connectivity index (χ0v) is 16.7. The summed E-state index contributed by atoms with van der Waals surface area (Å²) in [6, 6.07) is 13.7. The lowest BCUT2D eigenvalue weighted by Gasteiger charge is -2.27. The van der Waals surface area contributed by atoms with Crippen molar-refractivity contribution in [3.8, 4) is 0 Å². The zero-order valence-electron chi connectivity index (χ0n) is 16.7. The highest BCUT2D eigenvalue weighted by molar-refractivity contribution is 6.11. The van der Waals surface area contributed by atoms with Gasteiger partial charge in [-0.15, -0.1) is 0 Å². The van der Waals surface area contributed by atoms with Crippen LogP contribution in [-0.2, 0) is 21.5 Å². The summed E-state index contributed by atoms with van der Waals surface area (Å²) in [6.45, 7) is 0.997. The topological polar surface area (TPSA) is 95.6 Å². The number of fused-ring (bicyclic) bond motifs is 2. The third-order valence-corrected chi connectivity index (χ3v) is 5.78. The Hall–Kier alpha value is -3.48. The molecule has 0 radical (unpaired) electrons. The Labute approximate surface area is 174 Å². The minimum Gasteiger partial charge on any atom is -0.324 e. The average Bonchev–Trinajstić information content (AvgIpc) is 2.87. The smallest absolute Gasteiger partial charge is 0.324 e. The molecule has 0 aromatic heterocycles. The van der Waals surface area contributed by atoms with E-state index in [-0.39, 0.29) is 5.78 Å². The number of nitrogens with one attached hydrogen (secondary N) is 2. The number of para-hydroxylation sites is 1. The molecule has 2 aliphatic rings. The van der Waals surface area contributed by atoms with Crippen molar-refractivity contribution in [1.29, 1.82) is 0 Å². The summed E-state index contributed by atoms with van der Waals surface area (Å²) in [7, 11) is 0. The number of rotatable bonds is 4. The number of hydrogen-bond donors (Lipinski definition) is 2. The Balaban J connectivity index is 1.57. The van der Waals surface area contributed by atoms with Crippen LogP contribution in [0.4, 0.5) is 10.5 Å². The van der Waals surface area contributed by atoms with Gasteiger partial charge in [0.25, 0.3) is 5.91 Å². The number of benzene rings is 2. The van der Waals surface area contributed by atoms with Gasteiger partial charge >= 0.3 is 6.03 Å². The monoisotopic (exact) mass is 405 g/mol. The SMILES string of the molecule is CC(=O)c1ccccc1NC(=O)CN1C(=O)NC2(CCCCc3ccccc32)C1=O. The fourth-order valence-corrected chi connectivity index (χ4v) is 4.35. The molecule has 1 aliphatic carbocycles. The van der Waals surface area contributed by atoms with Gasteiger partial charge in [-0.1, -0.05) is 36.4 Å². The van der Waals surface area contributed by atoms with Gasteiger partial charge < -0.3 is 10.6 Å². The molecule has 1 unspecified atom stereocenters. The van der Waals surface area contributed by atoms with Crippen LogP contribution >= 0.6 is 0 Å². The van der Waals surface area contributed by atoms with E-state index in [2.05, 4.69) is 10.6 Å². The van der Waals surface area contributed by atoms with Gasteiger partial charge in [-0.2, -0.15) is 0 Å². The molecule has 2 aromatic carbocycles. The van der Waals surface area contributed by atoms with Crippen LogP contribution in [0.25, 0.3) is 0 Å². The molecule has 1 atom stereocenters. The third kappa shape index (κ3) is 3.36. The van der Waals surface area contributed by atoms with Crippen molar-refractivity contribution < 1.29 is 19.2 Å². The molecule has 1 aliphatic heterocycles. The lowest BCUT2D eigenvalue weighted by atomic mass is 9.84. The average molecular weight is 405 g/mol. The van der Waals surface area contributed by atoms with Crippen LogP contribution in [0.1, 0.15) is 47.7 Å². The van der Waals surface area contributed by atoms with Crippen molar-refractivity contribution in [2.75, 3.05) is 11.9 Å². The first kappa shape index (κ1) is 19.8. The minimum atomic E-state index is -1.12. The molecule has 7 nitrogen and oxygen atoms in total. The number of urea groups is 1. The number of imide groups is 1. The number of amides is 4. The molecular formula is C23H23N3O4. The maximum Gasteiger partial charge on any atom is 0.325 e. The minimum absolute atomic E-state index is 0.185. The normalized spacial score (nSPS) is 20.5. The number of hydrogen-bond acceptors (Lipinski definition) is 4. The van der Waals surface area contributed by atoms with Crippen LogP contribution in [0, 0.1) is 0 Å². The first-order valence-corrected chi connectivity index (χ1v) is 10.0. The van der Waals surface area contributed by atoms with Crippen molar-refractivity contribution in [3.63, 3.8) is 0 Å². The van der Waals surface area contributed by atoms with E-state index < -0.39 is 29.9 Å². The van der Waals surface area contributed by atoms with E-state index in [9.17, 15) is 19.2 Å². The van der Waals surface area contributed by atoms with E-state index in [0.29, 0.717) is 17.7 Å². The van der Waals surface area contributed by atoms with Gasteiger partial charge in [-0.25, -0.2) is 4.79 Å². The Kier molecular flexibility index (Phi) is 5.11. The molecule has 1 fully saturated rings. The first-order valence-electron chi connectivity index (χ1n) is 10.0. The van der Waals surface area contributed by atoms with Crippen LogP contribution in [0.5, 0.6) is 0 Å². The summed E-state index contributed by atoms with van der Waals surface area (Å²) in [5, 5.41) is 5.52. The van der Waals surface area contributed by atoms with Crippen LogP contribution in [0.2, 0.25) is 0 Å². The molecule has 4 rings (SSSR count). The molecule has 4 amide bonds. The van der Waals surface area contributed by atoms with Gasteiger partial charge in [0.15, 0.2) is 5.78 Å². The van der Waals surface area contributed by atoms with Crippen molar-refractivity contribution in [3.05, 3.63) is 65.2 Å². The number of nitrogens with zero attached hydrogens (tertiary/aromatic N) is 1. The number of ketones is 1. The number of aryl methyl sites for hydroxylation is 1. The molecule has 1 saturated heterocycles. The third-order valence-electron chi connectivity index (χ3n) is 5.78. The number of anilines is 1. The highest BCUT2D eigenvalue weighted by Crippen LogP contribution is 2.38. The van der Waals surface area contributed by atoms with Gasteiger partial charge in [-0.05, 0) is 55.9 Å². The maximum atomic E-state index is 13.4. The Morgan fingerprint density at radius 1 is 1.07 bits per heavy atom. The van der Waals surface area contributed by atoms with E-state index in [0.717, 1.165) is 35.3 Å². The zero-order chi connectivity index (χ0) is 21.3. The second-order valence-electron chi connectivity index (χ2n) is 7.74. The van der Waals surface area contributed by atoms with E-state index in [4.69, 9.17) is 0 Å². The number of Topliss-reactive ketones (excluding diaryl/α,β-unsaturated/α-hetero) is 1. The fraction of sp³-hybridized carbons (Fsp3) is 0.304. The largest absolute Gasteiger partial charge is 0.325 e. The maximum absolute atomic E-state index is 13.4. The van der Waals surface area contributed by atoms with Gasteiger partial charge in [0.1, 0.15) is 12.1 Å². The van der Waals surface area contributed by atoms with E-state index in [1.807, 2.05) is 24.3 Å². The molecule has 154 valence electrons. The highest BCUT2D eigenvalue weighted by atomic mass is 16.2. The summed E-state index contributed by atoms with van der Waals surface area (Å²) in [6.07, 6.45) is 3.08. The molecule has 1 spiro atoms. The Morgan fingerprint density at radius 2 is 1.80 bits per heavy atom. The molecule has 7 heteroatoms. The quantitative estimate of drug-likeness (QED) is 0.604. The number of carbonyl (C=O) groups is 4. The Morgan fingerprint density at radius 3 is 2.60 bits per heavy atom. The van der Waals surface area contributed by atoms with Crippen molar-refractivity contribution in [2.45, 2.75) is 38.1 Å². The van der Waals surface area contributed by atoms with Crippen LogP contribution in [0.15, 0.2) is 48.5 Å². The first-order chi connectivity index (χ1) is 14.4. The molecule has 1 heterocycles. The van der Waals surface area contributed by atoms with Crippen molar-refractivity contribution >= 4 is 29.3 Å². The molecule has 0 saturated carbocycles. The Bertz CT molecular complexity index is 1050. The summed E-state index contributed by atoms with van der Waals surface area (Å²) in [5.74, 6) is -1.13. The predicted molar refractivity (Wildman–Crippen MR) is 111 cm³/mol. The molecule has 30 heavy (non-hydrogen) atoms. The van der Waals surface area contributed by atoms with E-state index >= 15 is 0 Å². The molecule has 0 bridgehead atoms. The lowest BCUT2D eigenvalue weighted by molar-refractivity contribution is -0.134. The van der Waals surface area contributed by atoms with Gasteiger partial charge in [-0.3, -0.25) is 19.3 Å². The highest BCUT2D eigenvalue weighted by Gasteiger charge is 2.53. The summed E-state index contributed by atoms with van der Waals surface area (Å²) in [5.41, 5.74) is 1.46. The second-order valence-corrected chi connectivity index (χ2v) is 7.74. The van der Waals surface area contributed by atoms with Gasteiger partial charge in [0, 0.05) is 5.56 Å². The van der Waals surface area contributed by atoms with Gasteiger partial charge in [0.2, 0.25) is 5.91 Å². The summed E-state index contributed by atoms with van der Waals surface area (Å²) >= 11 is 0. The predicted octanol–water partition coefficient (Wildman–Crippen LogP) is 3.00. The van der Waals surface area contributed by atoms with Gasteiger partial charge in [0.05, 0.1) is 5.69 Å². The fourth-order valence-electron chi connectivity index (χ4n) is 4.35. The van der Waals surface area contributed by atoms with E-state index in [1.165, 1.54) is 6.92 Å². The van der Waals surface area contributed by atoms with Crippen LogP contribution in [-0.4, -0.2) is 35.1 Å². The summed E-state index contributed by atoms with van der Waals surface area (Å²) in [4.78, 5) is 51.4. The second kappa shape index (κ2) is 7.74. The number of carbonyl (C=O) groups excluding carboxylic acids is 4. The molecule has 2 N–H and O–H groups in total. The van der Waals surface area contributed by atoms with Crippen LogP contribution < -0.4 is 10.6 Å². The standard InChI is InChI=1S/C23H23N3O4/c1-15(27)17-10-3-5-12-19(17)24-20(28)14-26-21(29)23(25-22(26)30)13-7-6-9-16-8-2-4-11-18(16)23/h2-5,8,10-12H,6-7,9,13-14H2,1H3,(H,24,28)(H,25,30). The summed E-state index contributed by atoms with van der Waals surface area (Å²) < 4.78 is 0. The molecular weight excluding hydrogens is 382 g/mol. The van der Waals surface area contributed by atoms with Crippen molar-refractivity contribution in [2.24, 2.45) is 0 Å². The molecule has 2 aromatic rings. The van der Waals surface area contributed by atoms with Crippen molar-refractivity contribution in [1.82, 2.24) is 10.2 Å². The van der Waals surface area contributed by atoms with E-state index in [1.54, 1.807) is 24.3 Å².